The molecule has 0 saturated carbocycles. The van der Waals surface area contributed by atoms with Crippen LogP contribution in [0, 0.1) is 5.82 Å². The molecule has 0 saturated heterocycles. The molecule has 0 aliphatic heterocycles. The van der Waals surface area contributed by atoms with Gasteiger partial charge in [0, 0.05) is 12.2 Å². The van der Waals surface area contributed by atoms with Gasteiger partial charge < -0.3 is 9.84 Å². The van der Waals surface area contributed by atoms with Crippen LogP contribution >= 0.6 is 11.6 Å². The molecule has 14 heavy (non-hydrogen) atoms. The van der Waals surface area contributed by atoms with Crippen molar-refractivity contribution >= 4 is 11.6 Å². The normalized spacial score (nSPS) is 10.3. The molecule has 1 rings (SSSR count). The van der Waals surface area contributed by atoms with Crippen molar-refractivity contribution in [1.82, 2.24) is 0 Å². The Morgan fingerprint density at radius 3 is 2.79 bits per heavy atom. The van der Waals surface area contributed by atoms with Crippen LogP contribution in [-0.4, -0.2) is 18.8 Å². The van der Waals surface area contributed by atoms with Gasteiger partial charge in [-0.3, -0.25) is 0 Å². The Hall–Kier alpha value is -0.800. The van der Waals surface area contributed by atoms with Crippen LogP contribution in [0.4, 0.5) is 4.39 Å². The molecule has 2 nitrogen and oxygen atoms in total. The lowest BCUT2D eigenvalue weighted by Crippen LogP contribution is -1.98. The lowest BCUT2D eigenvalue weighted by atomic mass is 10.1. The summed E-state index contributed by atoms with van der Waals surface area (Å²) in [6.45, 7) is 0.0229. The molecular weight excluding hydrogens is 207 g/mol. The van der Waals surface area contributed by atoms with Crippen molar-refractivity contribution in [2.45, 2.75) is 12.8 Å². The first-order valence-corrected chi connectivity index (χ1v) is 4.70. The molecule has 0 heterocycles. The highest BCUT2D eigenvalue weighted by Crippen LogP contribution is 2.31. The van der Waals surface area contributed by atoms with Gasteiger partial charge in [0.1, 0.15) is 11.6 Å². The van der Waals surface area contributed by atoms with Gasteiger partial charge in [0.15, 0.2) is 0 Å². The molecule has 0 aliphatic rings. The molecule has 0 aromatic heterocycles. The van der Waals surface area contributed by atoms with Gasteiger partial charge >= 0.3 is 0 Å². The largest absolute Gasteiger partial charge is 0.495 e. The topological polar surface area (TPSA) is 29.5 Å². The van der Waals surface area contributed by atoms with E-state index in [-0.39, 0.29) is 12.4 Å². The molecule has 0 amide bonds. The maximum atomic E-state index is 13.3. The van der Waals surface area contributed by atoms with Crippen LogP contribution in [0.25, 0.3) is 0 Å². The Balaban J connectivity index is 3.03. The Kier molecular flexibility index (Phi) is 4.17. The SMILES string of the molecule is COc1c(Cl)ccc(F)c1CCCO. The quantitative estimate of drug-likeness (QED) is 0.841. The molecule has 0 fully saturated rings. The zero-order valence-electron chi connectivity index (χ0n) is 7.89. The van der Waals surface area contributed by atoms with E-state index >= 15 is 0 Å². The average Bonchev–Trinajstić information content (AvgIpc) is 2.19. The number of rotatable bonds is 4. The van der Waals surface area contributed by atoms with E-state index in [0.29, 0.717) is 29.2 Å². The van der Waals surface area contributed by atoms with Gasteiger partial charge in [0.05, 0.1) is 12.1 Å². The van der Waals surface area contributed by atoms with Crippen LogP contribution < -0.4 is 4.74 Å². The molecule has 1 aromatic rings. The first-order valence-electron chi connectivity index (χ1n) is 4.32. The summed E-state index contributed by atoms with van der Waals surface area (Å²) >= 11 is 5.83. The summed E-state index contributed by atoms with van der Waals surface area (Å²) in [5.74, 6) is 0.0137. The fourth-order valence-electron chi connectivity index (χ4n) is 1.28. The van der Waals surface area contributed by atoms with Crippen LogP contribution in [0.15, 0.2) is 12.1 Å². The van der Waals surface area contributed by atoms with E-state index in [2.05, 4.69) is 0 Å². The third-order valence-corrected chi connectivity index (χ3v) is 2.24. The molecule has 0 radical (unpaired) electrons. The summed E-state index contributed by atoms with van der Waals surface area (Å²) in [7, 11) is 1.45. The predicted octanol–water partition coefficient (Wildman–Crippen LogP) is 2.41. The third kappa shape index (κ3) is 2.36. The number of methoxy groups -OCH3 is 1. The Morgan fingerprint density at radius 1 is 1.50 bits per heavy atom. The zero-order chi connectivity index (χ0) is 10.6. The fraction of sp³-hybridized carbons (Fsp3) is 0.400. The minimum absolute atomic E-state index is 0.0229. The minimum atomic E-state index is -0.347. The molecule has 0 atom stereocenters. The van der Waals surface area contributed by atoms with Gasteiger partial charge in [-0.05, 0) is 25.0 Å². The highest BCUT2D eigenvalue weighted by molar-refractivity contribution is 6.32. The maximum Gasteiger partial charge on any atom is 0.143 e. The van der Waals surface area contributed by atoms with Crippen molar-refractivity contribution in [1.29, 1.82) is 0 Å². The zero-order valence-corrected chi connectivity index (χ0v) is 8.64. The van der Waals surface area contributed by atoms with Crippen molar-refractivity contribution < 1.29 is 14.2 Å². The van der Waals surface area contributed by atoms with E-state index in [0.717, 1.165) is 0 Å². The van der Waals surface area contributed by atoms with Gasteiger partial charge in [0.2, 0.25) is 0 Å². The fourth-order valence-corrected chi connectivity index (χ4v) is 1.54. The molecule has 0 unspecified atom stereocenters. The highest BCUT2D eigenvalue weighted by Gasteiger charge is 2.12. The Bertz CT molecular complexity index is 315. The summed E-state index contributed by atoms with van der Waals surface area (Å²) in [4.78, 5) is 0. The first kappa shape index (κ1) is 11.3. The second kappa shape index (κ2) is 5.17. The molecule has 0 aliphatic carbocycles. The summed E-state index contributed by atoms with van der Waals surface area (Å²) < 4.78 is 18.3. The van der Waals surface area contributed by atoms with Crippen molar-refractivity contribution in [2.75, 3.05) is 13.7 Å². The van der Waals surface area contributed by atoms with Gasteiger partial charge in [-0.1, -0.05) is 11.6 Å². The number of halogens is 2. The number of hydrogen-bond donors (Lipinski definition) is 1. The number of aliphatic hydroxyl groups excluding tert-OH is 1. The third-order valence-electron chi connectivity index (χ3n) is 1.94. The maximum absolute atomic E-state index is 13.3. The van der Waals surface area contributed by atoms with Crippen molar-refractivity contribution in [2.24, 2.45) is 0 Å². The lowest BCUT2D eigenvalue weighted by molar-refractivity contribution is 0.287. The highest BCUT2D eigenvalue weighted by atomic mass is 35.5. The van der Waals surface area contributed by atoms with Crippen LogP contribution in [0.2, 0.25) is 5.02 Å². The van der Waals surface area contributed by atoms with E-state index in [1.54, 1.807) is 0 Å². The lowest BCUT2D eigenvalue weighted by Gasteiger charge is -2.10. The molecule has 78 valence electrons. The van der Waals surface area contributed by atoms with Crippen molar-refractivity contribution in [3.8, 4) is 5.75 Å². The number of benzene rings is 1. The summed E-state index contributed by atoms with van der Waals surface area (Å²) in [5.41, 5.74) is 0.425. The molecule has 0 bridgehead atoms. The monoisotopic (exact) mass is 218 g/mol. The summed E-state index contributed by atoms with van der Waals surface area (Å²) in [5, 5.41) is 9.05. The van der Waals surface area contributed by atoms with Gasteiger partial charge in [-0.2, -0.15) is 0 Å². The van der Waals surface area contributed by atoms with E-state index in [1.165, 1.54) is 19.2 Å². The van der Waals surface area contributed by atoms with Gasteiger partial charge in [-0.15, -0.1) is 0 Å². The number of aliphatic hydroxyl groups is 1. The smallest absolute Gasteiger partial charge is 0.143 e. The van der Waals surface area contributed by atoms with Gasteiger partial charge in [0.25, 0.3) is 0 Å². The van der Waals surface area contributed by atoms with E-state index in [9.17, 15) is 4.39 Å². The van der Waals surface area contributed by atoms with Crippen LogP contribution in [0.5, 0.6) is 5.75 Å². The second-order valence-corrected chi connectivity index (χ2v) is 3.28. The van der Waals surface area contributed by atoms with Crippen molar-refractivity contribution in [3.05, 3.63) is 28.5 Å². The number of ether oxygens (including phenoxy) is 1. The van der Waals surface area contributed by atoms with E-state index in [1.807, 2.05) is 0 Å². The summed E-state index contributed by atoms with van der Waals surface area (Å²) in [6.07, 6.45) is 0.916. The number of hydrogen-bond acceptors (Lipinski definition) is 2. The standard InChI is InChI=1S/C10H12ClFO2/c1-14-10-7(3-2-6-13)9(12)5-4-8(10)11/h4-5,13H,2-3,6H2,1H3. The van der Waals surface area contributed by atoms with Crippen LogP contribution in [-0.2, 0) is 6.42 Å². The Morgan fingerprint density at radius 2 is 2.21 bits per heavy atom. The van der Waals surface area contributed by atoms with Gasteiger partial charge in [-0.25, -0.2) is 4.39 Å². The molecule has 1 aromatic carbocycles. The molecule has 0 spiro atoms. The van der Waals surface area contributed by atoms with E-state index < -0.39 is 0 Å². The van der Waals surface area contributed by atoms with Crippen LogP contribution in [0.3, 0.4) is 0 Å². The first-order chi connectivity index (χ1) is 6.70. The van der Waals surface area contributed by atoms with E-state index in [4.69, 9.17) is 21.4 Å². The van der Waals surface area contributed by atoms with Crippen molar-refractivity contribution in [3.63, 3.8) is 0 Å². The molecular formula is C10H12ClFO2. The minimum Gasteiger partial charge on any atom is -0.495 e. The Labute approximate surface area is 87.3 Å². The molecule has 4 heteroatoms. The average molecular weight is 219 g/mol. The summed E-state index contributed by atoms with van der Waals surface area (Å²) in [6, 6.07) is 2.76. The molecule has 1 N–H and O–H groups in total. The predicted molar refractivity (Wildman–Crippen MR) is 53.4 cm³/mol. The van der Waals surface area contributed by atoms with Crippen LogP contribution in [0.1, 0.15) is 12.0 Å². The second-order valence-electron chi connectivity index (χ2n) is 2.87.